The number of esters is 1. The lowest BCUT2D eigenvalue weighted by atomic mass is 10.0. The van der Waals surface area contributed by atoms with Gasteiger partial charge in [-0.05, 0) is 6.42 Å². The summed E-state index contributed by atoms with van der Waals surface area (Å²) in [4.78, 5) is 11.9. The lowest BCUT2D eigenvalue weighted by Crippen LogP contribution is -3.00. The van der Waals surface area contributed by atoms with Crippen LogP contribution in [0.2, 0.25) is 0 Å². The normalized spacial score (nSPS) is 12.5. The highest BCUT2D eigenvalue weighted by Crippen LogP contribution is 2.14. The van der Waals surface area contributed by atoms with Crippen molar-refractivity contribution >= 4 is 5.97 Å². The first-order chi connectivity index (χ1) is 11.9. The van der Waals surface area contributed by atoms with E-state index in [0.29, 0.717) is 10.9 Å². The molecule has 0 heterocycles. The minimum atomic E-state index is -0.0250. The number of quaternary nitrogens is 1. The summed E-state index contributed by atoms with van der Waals surface area (Å²) in [6, 6.07) is 0. The van der Waals surface area contributed by atoms with E-state index >= 15 is 0 Å². The molecule has 0 aromatic carbocycles. The zero-order valence-electron chi connectivity index (χ0n) is 18.3. The van der Waals surface area contributed by atoms with Gasteiger partial charge in [-0.25, -0.2) is 0 Å². The van der Waals surface area contributed by atoms with Crippen LogP contribution in [0, 0.1) is 0 Å². The number of halogens is 1. The maximum absolute atomic E-state index is 11.9. The molecule has 158 valence electrons. The second-order valence-electron chi connectivity index (χ2n) is 8.46. The Bertz CT molecular complexity index is 316. The van der Waals surface area contributed by atoms with Gasteiger partial charge in [-0.2, -0.15) is 0 Å². The molecule has 0 aromatic heterocycles. The molecular weight excluding hydrogens is 437 g/mol. The van der Waals surface area contributed by atoms with E-state index < -0.39 is 0 Å². The van der Waals surface area contributed by atoms with Gasteiger partial charge in [0.05, 0.1) is 21.1 Å². The summed E-state index contributed by atoms with van der Waals surface area (Å²) in [5, 5.41) is 0. The molecule has 0 spiro atoms. The molecule has 0 aliphatic heterocycles. The molecule has 0 bridgehead atoms. The number of ether oxygens (including phenoxy) is 1. The zero-order valence-corrected chi connectivity index (χ0v) is 20.5. The molecule has 0 radical (unpaired) electrons. The van der Waals surface area contributed by atoms with E-state index in [-0.39, 0.29) is 36.2 Å². The monoisotopic (exact) mass is 483 g/mol. The van der Waals surface area contributed by atoms with E-state index in [4.69, 9.17) is 4.74 Å². The van der Waals surface area contributed by atoms with Crippen molar-refractivity contribution in [3.63, 3.8) is 0 Å². The van der Waals surface area contributed by atoms with Crippen molar-refractivity contribution in [1.82, 2.24) is 0 Å². The summed E-state index contributed by atoms with van der Waals surface area (Å²) < 4.78 is 6.29. The smallest absolute Gasteiger partial charge is 0.310 e. The number of carbonyl (C=O) groups is 1. The zero-order chi connectivity index (χ0) is 19.0. The fraction of sp³-hybridized carbons (Fsp3) is 0.955. The number of carbonyl (C=O) groups excluding carboxylic acids is 1. The minimum absolute atomic E-state index is 0. The molecule has 0 fully saturated rings. The second-order valence-corrected chi connectivity index (χ2v) is 8.46. The van der Waals surface area contributed by atoms with E-state index in [1.54, 1.807) is 0 Å². The van der Waals surface area contributed by atoms with Crippen LogP contribution < -0.4 is 24.0 Å². The van der Waals surface area contributed by atoms with E-state index in [1.165, 1.54) is 70.6 Å². The minimum Gasteiger partial charge on any atom is -1.00 e. The van der Waals surface area contributed by atoms with Crippen molar-refractivity contribution in [3.8, 4) is 0 Å². The predicted octanol–water partition coefficient (Wildman–Crippen LogP) is 3.46. The van der Waals surface area contributed by atoms with Crippen molar-refractivity contribution in [2.45, 2.75) is 116 Å². The predicted molar refractivity (Wildman–Crippen MR) is 109 cm³/mol. The van der Waals surface area contributed by atoms with E-state index in [0.717, 1.165) is 19.3 Å². The Hall–Kier alpha value is 0.160. The molecule has 0 N–H and O–H groups in total. The summed E-state index contributed by atoms with van der Waals surface area (Å²) in [5.41, 5.74) is 0. The standard InChI is InChI=1S/C22H46NO2.HI/c1-6-8-9-10-11-12-13-14-15-16-17-18-19-20-22(24)25-21(7-2)23(3,4)5;/h21H,6-20H2,1-5H3;1H/q+1;/p-1. The van der Waals surface area contributed by atoms with Crippen molar-refractivity contribution in [2.24, 2.45) is 0 Å². The van der Waals surface area contributed by atoms with Crippen LogP contribution >= 0.6 is 0 Å². The molecular formula is C22H46INO2. The summed E-state index contributed by atoms with van der Waals surface area (Å²) in [6.45, 7) is 4.35. The molecule has 0 saturated carbocycles. The van der Waals surface area contributed by atoms with Gasteiger partial charge in [0.1, 0.15) is 0 Å². The molecule has 0 amide bonds. The van der Waals surface area contributed by atoms with Crippen LogP contribution in [0.15, 0.2) is 0 Å². The summed E-state index contributed by atoms with van der Waals surface area (Å²) in [6.07, 6.45) is 18.7. The Morgan fingerprint density at radius 1 is 0.731 bits per heavy atom. The second kappa shape index (κ2) is 18.5. The highest BCUT2D eigenvalue weighted by Gasteiger charge is 2.25. The highest BCUT2D eigenvalue weighted by atomic mass is 127. The largest absolute Gasteiger partial charge is 1.00 e. The van der Waals surface area contributed by atoms with Gasteiger partial charge in [0.15, 0.2) is 0 Å². The molecule has 0 saturated heterocycles. The number of hydrogen-bond acceptors (Lipinski definition) is 2. The van der Waals surface area contributed by atoms with Gasteiger partial charge in [-0.15, -0.1) is 0 Å². The lowest BCUT2D eigenvalue weighted by molar-refractivity contribution is -0.917. The first-order valence-electron chi connectivity index (χ1n) is 10.9. The molecule has 0 rings (SSSR count). The Kier molecular flexibility index (Phi) is 20.2. The Morgan fingerprint density at radius 3 is 1.46 bits per heavy atom. The van der Waals surface area contributed by atoms with Gasteiger partial charge in [0.2, 0.25) is 6.23 Å². The molecule has 4 heteroatoms. The molecule has 1 unspecified atom stereocenters. The van der Waals surface area contributed by atoms with Gasteiger partial charge >= 0.3 is 5.97 Å². The maximum atomic E-state index is 11.9. The van der Waals surface area contributed by atoms with Crippen molar-refractivity contribution in [3.05, 3.63) is 0 Å². The Morgan fingerprint density at radius 2 is 1.12 bits per heavy atom. The summed E-state index contributed by atoms with van der Waals surface area (Å²) in [5.74, 6) is -0.0250. The van der Waals surface area contributed by atoms with Gasteiger partial charge in [-0.3, -0.25) is 9.28 Å². The third-order valence-corrected chi connectivity index (χ3v) is 4.97. The quantitative estimate of drug-likeness (QED) is 0.104. The van der Waals surface area contributed by atoms with Crippen LogP contribution in [0.25, 0.3) is 0 Å². The Labute approximate surface area is 181 Å². The fourth-order valence-electron chi connectivity index (χ4n) is 3.29. The molecule has 1 atom stereocenters. The van der Waals surface area contributed by atoms with Crippen molar-refractivity contribution in [1.29, 1.82) is 0 Å². The summed E-state index contributed by atoms with van der Waals surface area (Å²) >= 11 is 0. The molecule has 0 aromatic rings. The van der Waals surface area contributed by atoms with Gasteiger partial charge in [0, 0.05) is 12.8 Å². The number of nitrogens with zero attached hydrogens (tertiary/aromatic N) is 1. The van der Waals surface area contributed by atoms with E-state index in [2.05, 4.69) is 35.0 Å². The molecule has 0 aliphatic rings. The van der Waals surface area contributed by atoms with Crippen LogP contribution in [0.1, 0.15) is 110 Å². The average Bonchev–Trinajstić information content (AvgIpc) is 2.55. The third-order valence-electron chi connectivity index (χ3n) is 4.97. The Balaban J connectivity index is 0. The lowest BCUT2D eigenvalue weighted by Gasteiger charge is -2.32. The molecule has 3 nitrogen and oxygen atoms in total. The van der Waals surface area contributed by atoms with Crippen LogP contribution in [-0.4, -0.2) is 37.8 Å². The third kappa shape index (κ3) is 17.6. The van der Waals surface area contributed by atoms with Gasteiger partial charge in [0.25, 0.3) is 0 Å². The van der Waals surface area contributed by atoms with E-state index in [1.807, 2.05) is 0 Å². The van der Waals surface area contributed by atoms with Crippen molar-refractivity contribution in [2.75, 3.05) is 21.1 Å². The molecule has 0 aliphatic carbocycles. The topological polar surface area (TPSA) is 26.3 Å². The number of rotatable bonds is 17. The van der Waals surface area contributed by atoms with Crippen LogP contribution in [-0.2, 0) is 9.53 Å². The first-order valence-corrected chi connectivity index (χ1v) is 10.9. The first kappa shape index (κ1) is 28.4. The average molecular weight is 484 g/mol. The highest BCUT2D eigenvalue weighted by molar-refractivity contribution is 5.69. The van der Waals surface area contributed by atoms with Gasteiger partial charge < -0.3 is 28.7 Å². The van der Waals surface area contributed by atoms with Crippen molar-refractivity contribution < 1.29 is 38.0 Å². The number of unbranched alkanes of at least 4 members (excludes halogenated alkanes) is 12. The van der Waals surface area contributed by atoms with Crippen LogP contribution in [0.5, 0.6) is 0 Å². The van der Waals surface area contributed by atoms with Crippen LogP contribution in [0.4, 0.5) is 0 Å². The number of hydrogen-bond donors (Lipinski definition) is 0. The fourth-order valence-corrected chi connectivity index (χ4v) is 3.29. The van der Waals surface area contributed by atoms with Gasteiger partial charge in [-0.1, -0.05) is 90.9 Å². The summed E-state index contributed by atoms with van der Waals surface area (Å²) in [7, 11) is 6.23. The van der Waals surface area contributed by atoms with Crippen LogP contribution in [0.3, 0.4) is 0 Å². The molecule has 26 heavy (non-hydrogen) atoms. The SMILES string of the molecule is CCCCCCCCCCCCCCCC(=O)OC(CC)[N+](C)(C)C.[I-]. The van der Waals surface area contributed by atoms with E-state index in [9.17, 15) is 4.79 Å². The maximum Gasteiger partial charge on any atom is 0.310 e.